The highest BCUT2D eigenvalue weighted by Crippen LogP contribution is 2.33. The maximum absolute atomic E-state index is 6.33. The van der Waals surface area contributed by atoms with Gasteiger partial charge in [0.1, 0.15) is 0 Å². The minimum absolute atomic E-state index is 0.00593. The van der Waals surface area contributed by atoms with Crippen molar-refractivity contribution in [2.75, 3.05) is 0 Å². The lowest BCUT2D eigenvalue weighted by molar-refractivity contribution is 0.642. The number of nitrogens with two attached hydrogens (primary N) is 1. The van der Waals surface area contributed by atoms with Gasteiger partial charge < -0.3 is 5.73 Å². The quantitative estimate of drug-likeness (QED) is 0.829. The molecular formula is C13H17Br2N3S. The highest BCUT2D eigenvalue weighted by Gasteiger charge is 2.18. The van der Waals surface area contributed by atoms with E-state index in [1.165, 1.54) is 10.4 Å². The van der Waals surface area contributed by atoms with Gasteiger partial charge in [-0.1, -0.05) is 6.92 Å². The van der Waals surface area contributed by atoms with Crippen LogP contribution in [0.25, 0.3) is 0 Å². The Morgan fingerprint density at radius 1 is 1.47 bits per heavy atom. The van der Waals surface area contributed by atoms with Crippen molar-refractivity contribution in [2.24, 2.45) is 12.8 Å². The van der Waals surface area contributed by atoms with Crippen LogP contribution in [0.15, 0.2) is 14.3 Å². The molecule has 104 valence electrons. The Kier molecular flexibility index (Phi) is 4.87. The molecular weight excluding hydrogens is 390 g/mol. The van der Waals surface area contributed by atoms with E-state index in [9.17, 15) is 0 Å². The second-order valence-corrected chi connectivity index (χ2v) is 7.80. The number of nitrogens with zero attached hydrogens (tertiary/aromatic N) is 2. The summed E-state index contributed by atoms with van der Waals surface area (Å²) in [6, 6.07) is 2.16. The average Bonchev–Trinajstić information content (AvgIpc) is 2.84. The largest absolute Gasteiger partial charge is 0.323 e. The Morgan fingerprint density at radius 2 is 2.16 bits per heavy atom. The lowest BCUT2D eigenvalue weighted by Crippen LogP contribution is -2.14. The van der Waals surface area contributed by atoms with Gasteiger partial charge in [0.15, 0.2) is 0 Å². The summed E-state index contributed by atoms with van der Waals surface area (Å²) in [5, 5.41) is 4.51. The Hall–Kier alpha value is -0.170. The van der Waals surface area contributed by atoms with E-state index in [4.69, 9.17) is 5.73 Å². The van der Waals surface area contributed by atoms with Crippen molar-refractivity contribution in [1.29, 1.82) is 0 Å². The first-order valence-electron chi connectivity index (χ1n) is 6.15. The molecule has 0 aliphatic heterocycles. The van der Waals surface area contributed by atoms with Crippen LogP contribution in [0.2, 0.25) is 0 Å². The standard InChI is InChI=1S/C13H17Br2N3S/c1-4-9-12(14)10(18(3)17-9)6-8(16)11-5-7(2)13(15)19-11/h5,8H,4,6,16H2,1-3H3. The van der Waals surface area contributed by atoms with Gasteiger partial charge in [-0.2, -0.15) is 5.10 Å². The van der Waals surface area contributed by atoms with E-state index in [1.54, 1.807) is 11.3 Å². The van der Waals surface area contributed by atoms with Crippen LogP contribution in [0.1, 0.15) is 34.8 Å². The van der Waals surface area contributed by atoms with Crippen LogP contribution in [0, 0.1) is 6.92 Å². The van der Waals surface area contributed by atoms with Gasteiger partial charge in [0.2, 0.25) is 0 Å². The van der Waals surface area contributed by atoms with Gasteiger partial charge in [-0.05, 0) is 56.8 Å². The van der Waals surface area contributed by atoms with Crippen molar-refractivity contribution >= 4 is 43.2 Å². The fraction of sp³-hybridized carbons (Fsp3) is 0.462. The third-order valence-electron chi connectivity index (χ3n) is 3.16. The van der Waals surface area contributed by atoms with Gasteiger partial charge in [-0.25, -0.2) is 0 Å². The Balaban J connectivity index is 2.23. The summed E-state index contributed by atoms with van der Waals surface area (Å²) in [5.41, 5.74) is 9.82. The SMILES string of the molecule is CCc1nn(C)c(CC(N)c2cc(C)c(Br)s2)c1Br. The third kappa shape index (κ3) is 3.12. The van der Waals surface area contributed by atoms with Crippen molar-refractivity contribution in [2.45, 2.75) is 32.7 Å². The Bertz CT molecular complexity index is 569. The summed E-state index contributed by atoms with van der Waals surface area (Å²) in [5.74, 6) is 0. The summed E-state index contributed by atoms with van der Waals surface area (Å²) >= 11 is 8.90. The number of thiophene rings is 1. The molecule has 2 rings (SSSR count). The number of aromatic nitrogens is 2. The molecule has 0 amide bonds. The molecule has 3 nitrogen and oxygen atoms in total. The van der Waals surface area contributed by atoms with Crippen molar-refractivity contribution < 1.29 is 0 Å². The second-order valence-electron chi connectivity index (χ2n) is 4.60. The van der Waals surface area contributed by atoms with E-state index in [0.717, 1.165) is 32.5 Å². The molecule has 2 N–H and O–H groups in total. The van der Waals surface area contributed by atoms with E-state index in [-0.39, 0.29) is 6.04 Å². The zero-order valence-corrected chi connectivity index (χ0v) is 15.2. The van der Waals surface area contributed by atoms with Crippen LogP contribution in [0.5, 0.6) is 0 Å². The van der Waals surface area contributed by atoms with Crippen molar-refractivity contribution in [3.63, 3.8) is 0 Å². The monoisotopic (exact) mass is 405 g/mol. The normalized spacial score (nSPS) is 12.9. The molecule has 1 unspecified atom stereocenters. The zero-order valence-electron chi connectivity index (χ0n) is 11.2. The van der Waals surface area contributed by atoms with Gasteiger partial charge in [0.25, 0.3) is 0 Å². The predicted octanol–water partition coefficient (Wildman–Crippen LogP) is 4.12. The average molecular weight is 407 g/mol. The van der Waals surface area contributed by atoms with Crippen molar-refractivity contribution in [3.8, 4) is 0 Å². The lowest BCUT2D eigenvalue weighted by Gasteiger charge is -2.10. The fourth-order valence-electron chi connectivity index (χ4n) is 2.02. The Morgan fingerprint density at radius 3 is 2.63 bits per heavy atom. The molecule has 0 aromatic carbocycles. The zero-order chi connectivity index (χ0) is 14.2. The van der Waals surface area contributed by atoms with Crippen LogP contribution in [-0.4, -0.2) is 9.78 Å². The maximum atomic E-state index is 6.33. The summed E-state index contributed by atoms with van der Waals surface area (Å²) in [4.78, 5) is 1.20. The van der Waals surface area contributed by atoms with Gasteiger partial charge in [-0.3, -0.25) is 4.68 Å². The van der Waals surface area contributed by atoms with Gasteiger partial charge >= 0.3 is 0 Å². The summed E-state index contributed by atoms with van der Waals surface area (Å²) in [7, 11) is 1.97. The van der Waals surface area contributed by atoms with Crippen LogP contribution in [0.3, 0.4) is 0 Å². The summed E-state index contributed by atoms with van der Waals surface area (Å²) in [6.07, 6.45) is 1.71. The molecule has 0 fully saturated rings. The van der Waals surface area contributed by atoms with Crippen LogP contribution in [0.4, 0.5) is 0 Å². The number of rotatable bonds is 4. The molecule has 0 saturated carbocycles. The number of hydrogen-bond acceptors (Lipinski definition) is 3. The van der Waals surface area contributed by atoms with Gasteiger partial charge in [-0.15, -0.1) is 11.3 Å². The van der Waals surface area contributed by atoms with E-state index in [1.807, 2.05) is 11.7 Å². The Labute approximate surface area is 134 Å². The first-order chi connectivity index (χ1) is 8.93. The minimum atomic E-state index is 0.00593. The third-order valence-corrected chi connectivity index (χ3v) is 6.34. The fourth-order valence-corrected chi connectivity index (χ4v) is 4.37. The van der Waals surface area contributed by atoms with E-state index < -0.39 is 0 Å². The van der Waals surface area contributed by atoms with E-state index in [0.29, 0.717) is 0 Å². The molecule has 19 heavy (non-hydrogen) atoms. The summed E-state index contributed by atoms with van der Waals surface area (Å²) < 4.78 is 4.19. The van der Waals surface area contributed by atoms with Crippen LogP contribution < -0.4 is 5.73 Å². The number of hydrogen-bond donors (Lipinski definition) is 1. The molecule has 2 aromatic rings. The molecule has 0 bridgehead atoms. The lowest BCUT2D eigenvalue weighted by atomic mass is 10.1. The minimum Gasteiger partial charge on any atom is -0.323 e. The van der Waals surface area contributed by atoms with Crippen LogP contribution in [-0.2, 0) is 19.9 Å². The van der Waals surface area contributed by atoms with Gasteiger partial charge in [0, 0.05) is 24.4 Å². The van der Waals surface area contributed by atoms with Crippen molar-refractivity contribution in [3.05, 3.63) is 36.2 Å². The van der Waals surface area contributed by atoms with Crippen LogP contribution >= 0.6 is 43.2 Å². The second kappa shape index (κ2) is 6.08. The molecule has 6 heteroatoms. The molecule has 2 aromatic heterocycles. The molecule has 0 aliphatic carbocycles. The molecule has 0 saturated heterocycles. The molecule has 0 aliphatic rings. The first kappa shape index (κ1) is 15.2. The highest BCUT2D eigenvalue weighted by atomic mass is 79.9. The van der Waals surface area contributed by atoms with E-state index in [2.05, 4.69) is 56.9 Å². The molecule has 0 radical (unpaired) electrons. The molecule has 1 atom stereocenters. The van der Waals surface area contributed by atoms with E-state index >= 15 is 0 Å². The summed E-state index contributed by atoms with van der Waals surface area (Å²) in [6.45, 7) is 4.20. The topological polar surface area (TPSA) is 43.8 Å². The smallest absolute Gasteiger partial charge is 0.0766 e. The van der Waals surface area contributed by atoms with Gasteiger partial charge in [0.05, 0.1) is 19.6 Å². The molecule has 0 spiro atoms. The number of halogens is 2. The highest BCUT2D eigenvalue weighted by molar-refractivity contribution is 9.11. The van der Waals surface area contributed by atoms with Crippen molar-refractivity contribution in [1.82, 2.24) is 9.78 Å². The number of aryl methyl sites for hydroxylation is 3. The molecule has 2 heterocycles. The maximum Gasteiger partial charge on any atom is 0.0766 e. The first-order valence-corrected chi connectivity index (χ1v) is 8.55. The predicted molar refractivity (Wildman–Crippen MR) is 87.7 cm³/mol.